The van der Waals surface area contributed by atoms with Crippen LogP contribution in [-0.2, 0) is 13.0 Å². The summed E-state index contributed by atoms with van der Waals surface area (Å²) in [7, 11) is 1.67. The molecule has 0 saturated heterocycles. The van der Waals surface area contributed by atoms with Crippen molar-refractivity contribution in [1.82, 2.24) is 9.78 Å². The molecule has 2 aromatic carbocycles. The van der Waals surface area contributed by atoms with Crippen molar-refractivity contribution in [3.63, 3.8) is 0 Å². The Morgan fingerprint density at radius 2 is 2.00 bits per heavy atom. The Kier molecular flexibility index (Phi) is 4.79. The lowest BCUT2D eigenvalue weighted by atomic mass is 10.0. The predicted molar refractivity (Wildman–Crippen MR) is 121 cm³/mol. The Balaban J connectivity index is 1.49. The molecule has 0 spiro atoms. The lowest BCUT2D eigenvalue weighted by Crippen LogP contribution is -2.35. The van der Waals surface area contributed by atoms with Crippen molar-refractivity contribution in [2.75, 3.05) is 18.6 Å². The Hall–Kier alpha value is -3.12. The lowest BCUT2D eigenvalue weighted by Gasteiger charge is -2.29. The van der Waals surface area contributed by atoms with Crippen LogP contribution in [-0.4, -0.2) is 29.3 Å². The Morgan fingerprint density at radius 1 is 1.17 bits per heavy atom. The van der Waals surface area contributed by atoms with Gasteiger partial charge in [0.2, 0.25) is 0 Å². The molecule has 5 nitrogen and oxygen atoms in total. The smallest absolute Gasteiger partial charge is 0.268 e. The normalized spacial score (nSPS) is 13.5. The van der Waals surface area contributed by atoms with Gasteiger partial charge in [0.1, 0.15) is 10.6 Å². The zero-order chi connectivity index (χ0) is 20.7. The molecule has 0 saturated carbocycles. The van der Waals surface area contributed by atoms with Gasteiger partial charge in [-0.15, -0.1) is 11.3 Å². The average Bonchev–Trinajstić information content (AvgIpc) is 3.34. The van der Waals surface area contributed by atoms with Gasteiger partial charge in [0.05, 0.1) is 24.2 Å². The summed E-state index contributed by atoms with van der Waals surface area (Å²) < 4.78 is 7.36. The molecule has 30 heavy (non-hydrogen) atoms. The van der Waals surface area contributed by atoms with E-state index in [4.69, 9.17) is 9.84 Å². The van der Waals surface area contributed by atoms with Crippen LogP contribution in [0.25, 0.3) is 10.2 Å². The molecule has 0 unspecified atom stereocenters. The number of hydrogen-bond donors (Lipinski definition) is 0. The van der Waals surface area contributed by atoms with Gasteiger partial charge in [-0.05, 0) is 55.2 Å². The maximum Gasteiger partial charge on any atom is 0.268 e. The summed E-state index contributed by atoms with van der Waals surface area (Å²) in [5.74, 6) is 0.898. The van der Waals surface area contributed by atoms with E-state index in [-0.39, 0.29) is 5.91 Å². The maximum atomic E-state index is 13.4. The standard InChI is InChI=1S/C24H23N3O2S/c1-16-20-14-22(30-24(20)27(25-16)15-17-7-4-3-5-8-17)23(28)26-12-6-9-18-13-19(29-2)10-11-21(18)26/h3-5,7-8,10-11,13-14H,6,9,12,15H2,1-2H3. The first-order chi connectivity index (χ1) is 14.6. The van der Waals surface area contributed by atoms with Gasteiger partial charge < -0.3 is 9.64 Å². The van der Waals surface area contributed by atoms with E-state index in [9.17, 15) is 4.79 Å². The minimum atomic E-state index is 0.0629. The average molecular weight is 418 g/mol. The molecule has 0 atom stereocenters. The number of aromatic nitrogens is 2. The lowest BCUT2D eigenvalue weighted by molar-refractivity contribution is 0.0989. The fraction of sp³-hybridized carbons (Fsp3) is 0.250. The number of amides is 1. The van der Waals surface area contributed by atoms with Crippen molar-refractivity contribution in [1.29, 1.82) is 0 Å². The second-order valence-corrected chi connectivity index (χ2v) is 8.64. The predicted octanol–water partition coefficient (Wildman–Crippen LogP) is 5.06. The SMILES string of the molecule is COc1ccc2c(c1)CCCN2C(=O)c1cc2c(C)nn(Cc3ccccc3)c2s1. The van der Waals surface area contributed by atoms with Crippen LogP contribution in [0.5, 0.6) is 5.75 Å². The third kappa shape index (κ3) is 3.27. The molecule has 4 aromatic rings. The topological polar surface area (TPSA) is 47.4 Å². The number of benzene rings is 2. The fourth-order valence-corrected chi connectivity index (χ4v) is 5.24. The number of fused-ring (bicyclic) bond motifs is 2. The van der Waals surface area contributed by atoms with Crippen molar-refractivity contribution in [2.45, 2.75) is 26.3 Å². The molecule has 1 amide bonds. The summed E-state index contributed by atoms with van der Waals surface area (Å²) in [6.45, 7) is 3.44. The monoisotopic (exact) mass is 417 g/mol. The number of methoxy groups -OCH3 is 1. The number of nitrogens with zero attached hydrogens (tertiary/aromatic N) is 3. The zero-order valence-corrected chi connectivity index (χ0v) is 17.9. The van der Waals surface area contributed by atoms with Gasteiger partial charge in [-0.2, -0.15) is 5.10 Å². The highest BCUT2D eigenvalue weighted by Gasteiger charge is 2.26. The number of anilines is 1. The van der Waals surface area contributed by atoms with Crippen molar-refractivity contribution in [2.24, 2.45) is 0 Å². The molecule has 152 valence electrons. The second kappa shape index (κ2) is 7.61. The van der Waals surface area contributed by atoms with Crippen molar-refractivity contribution in [3.05, 3.63) is 76.3 Å². The Bertz CT molecular complexity index is 1230. The molecule has 0 bridgehead atoms. The van der Waals surface area contributed by atoms with Gasteiger partial charge in [0.15, 0.2) is 0 Å². The number of ether oxygens (including phenoxy) is 1. The summed E-state index contributed by atoms with van der Waals surface area (Å²) in [5, 5.41) is 5.76. The van der Waals surface area contributed by atoms with Gasteiger partial charge >= 0.3 is 0 Å². The third-order valence-electron chi connectivity index (χ3n) is 5.64. The van der Waals surface area contributed by atoms with Crippen LogP contribution in [0, 0.1) is 6.92 Å². The summed E-state index contributed by atoms with van der Waals surface area (Å²) in [4.78, 5) is 17.2. The van der Waals surface area contributed by atoms with Crippen molar-refractivity contribution in [3.8, 4) is 5.75 Å². The minimum Gasteiger partial charge on any atom is -0.497 e. The Morgan fingerprint density at radius 3 is 2.80 bits per heavy atom. The van der Waals surface area contributed by atoms with Gasteiger partial charge in [-0.1, -0.05) is 30.3 Å². The minimum absolute atomic E-state index is 0.0629. The van der Waals surface area contributed by atoms with Gasteiger partial charge in [-0.25, -0.2) is 0 Å². The molecule has 1 aliphatic heterocycles. The molecule has 0 aliphatic carbocycles. The van der Waals surface area contributed by atoms with E-state index < -0.39 is 0 Å². The van der Waals surface area contributed by atoms with Crippen LogP contribution in [0.4, 0.5) is 5.69 Å². The van der Waals surface area contributed by atoms with E-state index in [0.717, 1.165) is 51.6 Å². The van der Waals surface area contributed by atoms with E-state index in [2.05, 4.69) is 12.1 Å². The quantitative estimate of drug-likeness (QED) is 0.466. The highest BCUT2D eigenvalue weighted by atomic mass is 32.1. The number of carbonyl (C=O) groups is 1. The van der Waals surface area contributed by atoms with E-state index in [1.54, 1.807) is 7.11 Å². The van der Waals surface area contributed by atoms with E-state index in [0.29, 0.717) is 6.54 Å². The second-order valence-electron chi connectivity index (χ2n) is 7.61. The van der Waals surface area contributed by atoms with E-state index >= 15 is 0 Å². The third-order valence-corrected chi connectivity index (χ3v) is 6.78. The Labute approximate surface area is 179 Å². The summed E-state index contributed by atoms with van der Waals surface area (Å²) in [6, 6.07) is 18.3. The molecule has 6 heteroatoms. The number of aryl methyl sites for hydroxylation is 2. The molecule has 2 aromatic heterocycles. The van der Waals surface area contributed by atoms with E-state index in [1.165, 1.54) is 22.5 Å². The fourth-order valence-electron chi connectivity index (χ4n) is 4.13. The highest BCUT2D eigenvalue weighted by Crippen LogP contribution is 2.34. The van der Waals surface area contributed by atoms with Gasteiger partial charge in [-0.3, -0.25) is 9.48 Å². The number of hydrogen-bond acceptors (Lipinski definition) is 4. The number of rotatable bonds is 4. The number of carbonyl (C=O) groups excluding carboxylic acids is 1. The number of thiophene rings is 1. The maximum absolute atomic E-state index is 13.4. The van der Waals surface area contributed by atoms with E-state index in [1.807, 2.05) is 59.0 Å². The first-order valence-corrected chi connectivity index (χ1v) is 11.0. The van der Waals surface area contributed by atoms with Crippen molar-refractivity contribution >= 4 is 33.1 Å². The van der Waals surface area contributed by atoms with Crippen LogP contribution in [0.2, 0.25) is 0 Å². The van der Waals surface area contributed by atoms with Crippen LogP contribution < -0.4 is 9.64 Å². The highest BCUT2D eigenvalue weighted by molar-refractivity contribution is 7.20. The first-order valence-electron chi connectivity index (χ1n) is 10.1. The van der Waals surface area contributed by atoms with Gasteiger partial charge in [0.25, 0.3) is 5.91 Å². The van der Waals surface area contributed by atoms with Crippen LogP contribution in [0.15, 0.2) is 54.6 Å². The van der Waals surface area contributed by atoms with Crippen molar-refractivity contribution < 1.29 is 9.53 Å². The summed E-state index contributed by atoms with van der Waals surface area (Å²) in [5.41, 5.74) is 4.32. The van der Waals surface area contributed by atoms with Gasteiger partial charge in [0, 0.05) is 17.6 Å². The molecule has 1 aliphatic rings. The zero-order valence-electron chi connectivity index (χ0n) is 17.1. The molecular weight excluding hydrogens is 394 g/mol. The van der Waals surface area contributed by atoms with Crippen LogP contribution in [0.3, 0.4) is 0 Å². The molecule has 0 N–H and O–H groups in total. The molecule has 3 heterocycles. The molecule has 0 fully saturated rings. The van der Waals surface area contributed by atoms with Crippen LogP contribution in [0.1, 0.15) is 32.9 Å². The largest absolute Gasteiger partial charge is 0.497 e. The molecule has 0 radical (unpaired) electrons. The first kappa shape index (κ1) is 18.9. The summed E-state index contributed by atoms with van der Waals surface area (Å²) >= 11 is 1.53. The molecule has 5 rings (SSSR count). The van der Waals surface area contributed by atoms with Crippen LogP contribution >= 0.6 is 11.3 Å². The summed E-state index contributed by atoms with van der Waals surface area (Å²) in [6.07, 6.45) is 1.92. The molecular formula is C24H23N3O2S.